The maximum atomic E-state index is 12.6. The first-order valence-corrected chi connectivity index (χ1v) is 8.46. The van der Waals surface area contributed by atoms with Gasteiger partial charge in [-0.15, -0.1) is 0 Å². The number of amides is 1. The molecule has 0 unspecified atom stereocenters. The number of fused-ring (bicyclic) bond motifs is 1. The number of aryl methyl sites for hydroxylation is 2. The fourth-order valence-corrected chi connectivity index (χ4v) is 3.34. The summed E-state index contributed by atoms with van der Waals surface area (Å²) in [5.74, 6) is 2.39. The Morgan fingerprint density at radius 1 is 1.20 bits per heavy atom. The molecule has 1 aromatic heterocycles. The minimum atomic E-state index is 0.153. The van der Waals surface area contributed by atoms with Gasteiger partial charge in [-0.05, 0) is 49.9 Å². The lowest BCUT2D eigenvalue weighted by Gasteiger charge is -2.29. The van der Waals surface area contributed by atoms with Crippen molar-refractivity contribution in [2.75, 3.05) is 20.8 Å². The average Bonchev–Trinajstić information content (AvgIpc) is 2.95. The van der Waals surface area contributed by atoms with Gasteiger partial charge in [-0.3, -0.25) is 4.79 Å². The second-order valence-electron chi connectivity index (χ2n) is 6.34. The molecule has 0 bridgehead atoms. The second-order valence-corrected chi connectivity index (χ2v) is 6.34. The van der Waals surface area contributed by atoms with Gasteiger partial charge in [0.1, 0.15) is 5.76 Å². The quantitative estimate of drug-likeness (QED) is 0.834. The van der Waals surface area contributed by atoms with Crippen LogP contribution in [0.5, 0.6) is 11.5 Å². The Hall–Kier alpha value is -2.50. The molecule has 0 N–H and O–H groups in total. The molecule has 2 heterocycles. The predicted octanol–water partition coefficient (Wildman–Crippen LogP) is 2.83. The summed E-state index contributed by atoms with van der Waals surface area (Å²) < 4.78 is 15.9. The van der Waals surface area contributed by atoms with E-state index in [1.807, 2.05) is 30.9 Å². The van der Waals surface area contributed by atoms with Gasteiger partial charge in [-0.25, -0.2) is 0 Å². The first-order valence-electron chi connectivity index (χ1n) is 8.46. The molecular formula is C19H24N2O4. The molecule has 0 radical (unpaired) electrons. The Kier molecular flexibility index (Phi) is 4.97. The highest BCUT2D eigenvalue weighted by Crippen LogP contribution is 2.33. The monoisotopic (exact) mass is 344 g/mol. The number of carbonyl (C=O) groups is 1. The molecule has 6 heteroatoms. The van der Waals surface area contributed by atoms with E-state index in [9.17, 15) is 4.79 Å². The summed E-state index contributed by atoms with van der Waals surface area (Å²) >= 11 is 0. The van der Waals surface area contributed by atoms with Gasteiger partial charge in [0.2, 0.25) is 5.91 Å². The molecule has 3 rings (SSSR count). The van der Waals surface area contributed by atoms with Gasteiger partial charge in [0.25, 0.3) is 0 Å². The molecule has 1 aliphatic rings. The van der Waals surface area contributed by atoms with Crippen LogP contribution in [0.2, 0.25) is 0 Å². The predicted molar refractivity (Wildman–Crippen MR) is 93.0 cm³/mol. The van der Waals surface area contributed by atoms with Crippen LogP contribution in [0.1, 0.15) is 34.6 Å². The highest BCUT2D eigenvalue weighted by atomic mass is 16.5. The molecule has 1 aliphatic heterocycles. The van der Waals surface area contributed by atoms with E-state index in [2.05, 4.69) is 5.16 Å². The van der Waals surface area contributed by atoms with Gasteiger partial charge < -0.3 is 18.9 Å². The van der Waals surface area contributed by atoms with Crippen LogP contribution in [0.15, 0.2) is 16.7 Å². The number of nitrogens with zero attached hydrogens (tertiary/aromatic N) is 2. The summed E-state index contributed by atoms with van der Waals surface area (Å²) in [6, 6.07) is 3.99. The molecule has 0 saturated heterocycles. The summed E-state index contributed by atoms with van der Waals surface area (Å²) in [4.78, 5) is 14.5. The van der Waals surface area contributed by atoms with E-state index in [1.54, 1.807) is 14.2 Å². The van der Waals surface area contributed by atoms with Crippen LogP contribution < -0.4 is 9.47 Å². The largest absolute Gasteiger partial charge is 0.493 e. The lowest BCUT2D eigenvalue weighted by molar-refractivity contribution is -0.132. The summed E-state index contributed by atoms with van der Waals surface area (Å²) in [6.45, 7) is 5.13. The number of hydrogen-bond donors (Lipinski definition) is 0. The highest BCUT2D eigenvalue weighted by molar-refractivity contribution is 5.77. The summed E-state index contributed by atoms with van der Waals surface area (Å²) in [5, 5.41) is 3.95. The standard InChI is InChI=1S/C19H24N2O4/c1-12-16(13(2)25-20-12)5-6-19(22)21-8-7-14-9-17(23-3)18(24-4)10-15(14)11-21/h9-10H,5-8,11H2,1-4H3. The molecule has 25 heavy (non-hydrogen) atoms. The van der Waals surface area contributed by atoms with Crippen molar-refractivity contribution >= 4 is 5.91 Å². The van der Waals surface area contributed by atoms with Crippen molar-refractivity contribution in [1.82, 2.24) is 10.1 Å². The van der Waals surface area contributed by atoms with E-state index in [0.29, 0.717) is 25.1 Å². The van der Waals surface area contributed by atoms with Gasteiger partial charge in [-0.1, -0.05) is 5.16 Å². The molecule has 0 aliphatic carbocycles. The van der Waals surface area contributed by atoms with E-state index in [-0.39, 0.29) is 5.91 Å². The van der Waals surface area contributed by atoms with Gasteiger partial charge in [-0.2, -0.15) is 0 Å². The van der Waals surface area contributed by atoms with Crippen molar-refractivity contribution in [2.45, 2.75) is 39.7 Å². The molecule has 0 fully saturated rings. The number of carbonyl (C=O) groups excluding carboxylic acids is 1. The van der Waals surface area contributed by atoms with Crippen LogP contribution in [0.25, 0.3) is 0 Å². The van der Waals surface area contributed by atoms with Crippen molar-refractivity contribution < 1.29 is 18.8 Å². The maximum absolute atomic E-state index is 12.6. The van der Waals surface area contributed by atoms with Gasteiger partial charge in [0.15, 0.2) is 11.5 Å². The van der Waals surface area contributed by atoms with Crippen LogP contribution >= 0.6 is 0 Å². The van der Waals surface area contributed by atoms with E-state index >= 15 is 0 Å². The molecule has 1 amide bonds. The number of aromatic nitrogens is 1. The number of hydrogen-bond acceptors (Lipinski definition) is 5. The summed E-state index contributed by atoms with van der Waals surface area (Å²) in [6.07, 6.45) is 1.95. The summed E-state index contributed by atoms with van der Waals surface area (Å²) in [7, 11) is 3.26. The van der Waals surface area contributed by atoms with Crippen molar-refractivity contribution in [1.29, 1.82) is 0 Å². The topological polar surface area (TPSA) is 64.8 Å². The molecule has 1 aromatic carbocycles. The molecule has 0 spiro atoms. The molecular weight excluding hydrogens is 320 g/mol. The Morgan fingerprint density at radius 3 is 2.48 bits per heavy atom. The minimum Gasteiger partial charge on any atom is -0.493 e. The van der Waals surface area contributed by atoms with Crippen LogP contribution in [-0.4, -0.2) is 36.7 Å². The molecule has 2 aromatic rings. The maximum Gasteiger partial charge on any atom is 0.223 e. The van der Waals surface area contributed by atoms with Crippen molar-refractivity contribution in [2.24, 2.45) is 0 Å². The Balaban J connectivity index is 1.68. The van der Waals surface area contributed by atoms with E-state index in [1.165, 1.54) is 5.56 Å². The fraction of sp³-hybridized carbons (Fsp3) is 0.474. The Bertz CT molecular complexity index is 762. The lowest BCUT2D eigenvalue weighted by atomic mass is 9.98. The summed E-state index contributed by atoms with van der Waals surface area (Å²) in [5.41, 5.74) is 4.24. The zero-order chi connectivity index (χ0) is 18.0. The first kappa shape index (κ1) is 17.3. The van der Waals surface area contributed by atoms with Crippen LogP contribution in [-0.2, 0) is 24.2 Å². The third-order valence-electron chi connectivity index (χ3n) is 4.84. The van der Waals surface area contributed by atoms with E-state index in [0.717, 1.165) is 41.3 Å². The number of ether oxygens (including phenoxy) is 2. The number of rotatable bonds is 5. The third kappa shape index (κ3) is 3.48. The molecule has 0 saturated carbocycles. The highest BCUT2D eigenvalue weighted by Gasteiger charge is 2.23. The van der Waals surface area contributed by atoms with Gasteiger partial charge >= 0.3 is 0 Å². The van der Waals surface area contributed by atoms with Crippen molar-refractivity contribution in [3.05, 3.63) is 40.3 Å². The zero-order valence-corrected chi connectivity index (χ0v) is 15.2. The normalized spacial score (nSPS) is 13.5. The zero-order valence-electron chi connectivity index (χ0n) is 15.2. The second kappa shape index (κ2) is 7.17. The third-order valence-corrected chi connectivity index (χ3v) is 4.84. The van der Waals surface area contributed by atoms with Gasteiger partial charge in [0.05, 0.1) is 19.9 Å². The minimum absolute atomic E-state index is 0.153. The number of benzene rings is 1. The SMILES string of the molecule is COc1cc2c(cc1OC)CN(C(=O)CCc1c(C)noc1C)CC2. The first-order chi connectivity index (χ1) is 12.0. The fourth-order valence-electron chi connectivity index (χ4n) is 3.34. The Labute approximate surface area is 147 Å². The van der Waals surface area contributed by atoms with Crippen LogP contribution in [0, 0.1) is 13.8 Å². The molecule has 134 valence electrons. The molecule has 6 nitrogen and oxygen atoms in total. The van der Waals surface area contributed by atoms with Gasteiger partial charge in [0, 0.05) is 25.1 Å². The smallest absolute Gasteiger partial charge is 0.223 e. The van der Waals surface area contributed by atoms with Crippen molar-refractivity contribution in [3.8, 4) is 11.5 Å². The van der Waals surface area contributed by atoms with Crippen LogP contribution in [0.3, 0.4) is 0 Å². The van der Waals surface area contributed by atoms with Crippen LogP contribution in [0.4, 0.5) is 0 Å². The lowest BCUT2D eigenvalue weighted by Crippen LogP contribution is -2.36. The average molecular weight is 344 g/mol. The molecule has 0 atom stereocenters. The van der Waals surface area contributed by atoms with E-state index in [4.69, 9.17) is 14.0 Å². The van der Waals surface area contributed by atoms with Crippen molar-refractivity contribution in [3.63, 3.8) is 0 Å². The van der Waals surface area contributed by atoms with E-state index < -0.39 is 0 Å². The Morgan fingerprint density at radius 2 is 1.88 bits per heavy atom. The number of methoxy groups -OCH3 is 2.